The molecular weight excluding hydrogens is 284 g/mol. The highest BCUT2D eigenvalue weighted by Gasteiger charge is 2.29. The van der Waals surface area contributed by atoms with Crippen LogP contribution in [0.1, 0.15) is 62.0 Å². The lowest BCUT2D eigenvalue weighted by atomic mass is 10.0. The topological polar surface area (TPSA) is 47.3 Å². The molecule has 0 bridgehead atoms. The molecule has 3 atom stereocenters. The molecule has 122 valence electrons. The number of nitrogens with two attached hydrogens (primary N) is 1. The van der Waals surface area contributed by atoms with Crippen LogP contribution in [0, 0.1) is 0 Å². The van der Waals surface area contributed by atoms with Crippen LogP contribution in [0.15, 0.2) is 48.5 Å². The number of benzene rings is 2. The third-order valence-corrected chi connectivity index (χ3v) is 4.44. The van der Waals surface area contributed by atoms with Crippen molar-refractivity contribution in [3.63, 3.8) is 0 Å². The molecule has 3 unspecified atom stereocenters. The lowest BCUT2D eigenvalue weighted by Gasteiger charge is -2.21. The smallest absolute Gasteiger partial charge is 0.120 e. The summed E-state index contributed by atoms with van der Waals surface area (Å²) in [5.41, 5.74) is 10.1. The summed E-state index contributed by atoms with van der Waals surface area (Å²) in [6, 6.07) is 17.5. The fraction of sp³-hybridized carbons (Fsp3) is 0.400. The molecule has 0 fully saturated rings. The third-order valence-electron chi connectivity index (χ3n) is 4.44. The number of hydrogen-bond acceptors (Lipinski definition) is 3. The monoisotopic (exact) mass is 310 g/mol. The van der Waals surface area contributed by atoms with Crippen LogP contribution in [0.25, 0.3) is 0 Å². The molecule has 1 aliphatic carbocycles. The summed E-state index contributed by atoms with van der Waals surface area (Å²) in [6.07, 6.45) is 1.14. The zero-order chi connectivity index (χ0) is 16.4. The van der Waals surface area contributed by atoms with Gasteiger partial charge >= 0.3 is 0 Å². The number of fused-ring (bicyclic) bond motifs is 1. The number of nitrogens with one attached hydrogen (secondary N) is 1. The predicted octanol–water partition coefficient (Wildman–Crippen LogP) is 4.27. The van der Waals surface area contributed by atoms with E-state index in [1.54, 1.807) is 0 Å². The van der Waals surface area contributed by atoms with Crippen molar-refractivity contribution < 1.29 is 4.74 Å². The Labute approximate surface area is 138 Å². The van der Waals surface area contributed by atoms with Gasteiger partial charge in [0.2, 0.25) is 0 Å². The van der Waals surface area contributed by atoms with E-state index >= 15 is 0 Å². The molecule has 1 aliphatic rings. The maximum Gasteiger partial charge on any atom is 0.120 e. The summed E-state index contributed by atoms with van der Waals surface area (Å²) in [7, 11) is 0. The van der Waals surface area contributed by atoms with Gasteiger partial charge in [0, 0.05) is 18.1 Å². The van der Waals surface area contributed by atoms with Crippen molar-refractivity contribution in [3.8, 4) is 5.75 Å². The van der Waals surface area contributed by atoms with Gasteiger partial charge in [0.1, 0.15) is 5.75 Å². The first-order chi connectivity index (χ1) is 11.0. The summed E-state index contributed by atoms with van der Waals surface area (Å²) < 4.78 is 5.80. The van der Waals surface area contributed by atoms with E-state index in [2.05, 4.69) is 54.7 Å². The normalized spacial score (nSPS) is 21.3. The maximum absolute atomic E-state index is 6.27. The van der Waals surface area contributed by atoms with Crippen molar-refractivity contribution in [3.05, 3.63) is 65.2 Å². The fourth-order valence-corrected chi connectivity index (χ4v) is 3.36. The molecule has 23 heavy (non-hydrogen) atoms. The van der Waals surface area contributed by atoms with Crippen LogP contribution in [0.2, 0.25) is 0 Å². The second kappa shape index (κ2) is 6.73. The Hall–Kier alpha value is -1.84. The van der Waals surface area contributed by atoms with Crippen LogP contribution in [0.4, 0.5) is 0 Å². The molecule has 3 rings (SSSR count). The van der Waals surface area contributed by atoms with E-state index in [1.165, 1.54) is 16.7 Å². The van der Waals surface area contributed by atoms with E-state index in [4.69, 9.17) is 10.5 Å². The summed E-state index contributed by atoms with van der Waals surface area (Å²) in [5.74, 6) is 0.926. The quantitative estimate of drug-likeness (QED) is 0.867. The Bertz CT molecular complexity index is 668. The maximum atomic E-state index is 6.27. The Morgan fingerprint density at radius 2 is 1.78 bits per heavy atom. The van der Waals surface area contributed by atoms with E-state index in [9.17, 15) is 0 Å². The summed E-state index contributed by atoms with van der Waals surface area (Å²) in [6.45, 7) is 6.29. The molecular formula is C20H26N2O. The van der Waals surface area contributed by atoms with Gasteiger partial charge in [-0.05, 0) is 56.0 Å². The highest BCUT2D eigenvalue weighted by Crippen LogP contribution is 2.38. The van der Waals surface area contributed by atoms with E-state index in [1.807, 2.05) is 19.9 Å². The van der Waals surface area contributed by atoms with Crippen LogP contribution in [-0.2, 0) is 0 Å². The van der Waals surface area contributed by atoms with Crippen molar-refractivity contribution in [1.82, 2.24) is 5.32 Å². The zero-order valence-electron chi connectivity index (χ0n) is 14.1. The predicted molar refractivity (Wildman–Crippen MR) is 94.5 cm³/mol. The van der Waals surface area contributed by atoms with Crippen molar-refractivity contribution in [2.45, 2.75) is 51.4 Å². The average Bonchev–Trinajstić information content (AvgIpc) is 2.84. The van der Waals surface area contributed by atoms with Crippen LogP contribution in [0.3, 0.4) is 0 Å². The van der Waals surface area contributed by atoms with E-state index in [0.717, 1.165) is 12.2 Å². The SMILES string of the molecule is CC(C)Oc1cccc(C(C)NC2CC(N)c3ccccc32)c1. The minimum absolute atomic E-state index is 0.131. The first-order valence-corrected chi connectivity index (χ1v) is 8.41. The molecule has 0 aromatic heterocycles. The van der Waals surface area contributed by atoms with Gasteiger partial charge in [-0.15, -0.1) is 0 Å². The third kappa shape index (κ3) is 3.57. The van der Waals surface area contributed by atoms with Crippen molar-refractivity contribution in [2.75, 3.05) is 0 Å². The van der Waals surface area contributed by atoms with Crippen LogP contribution >= 0.6 is 0 Å². The molecule has 3 N–H and O–H groups in total. The summed E-state index contributed by atoms with van der Waals surface area (Å²) in [4.78, 5) is 0. The molecule has 3 nitrogen and oxygen atoms in total. The first-order valence-electron chi connectivity index (χ1n) is 8.41. The van der Waals surface area contributed by atoms with Gasteiger partial charge in [0.05, 0.1) is 6.10 Å². The molecule has 0 spiro atoms. The largest absolute Gasteiger partial charge is 0.491 e. The Morgan fingerprint density at radius 3 is 2.52 bits per heavy atom. The molecule has 0 heterocycles. The van der Waals surface area contributed by atoms with Crippen LogP contribution in [0.5, 0.6) is 5.75 Å². The molecule has 0 aliphatic heterocycles. The Balaban J connectivity index is 1.74. The minimum atomic E-state index is 0.131. The van der Waals surface area contributed by atoms with E-state index < -0.39 is 0 Å². The highest BCUT2D eigenvalue weighted by atomic mass is 16.5. The second-order valence-corrected chi connectivity index (χ2v) is 6.65. The molecule has 0 amide bonds. The van der Waals surface area contributed by atoms with Crippen molar-refractivity contribution in [1.29, 1.82) is 0 Å². The molecule has 0 saturated carbocycles. The van der Waals surface area contributed by atoms with Crippen LogP contribution in [-0.4, -0.2) is 6.10 Å². The molecule has 0 radical (unpaired) electrons. The average molecular weight is 310 g/mol. The standard InChI is InChI=1S/C20H26N2O/c1-13(2)23-16-8-6-7-15(11-16)14(3)22-20-12-19(21)17-9-4-5-10-18(17)20/h4-11,13-14,19-20,22H,12,21H2,1-3H3. The van der Waals surface area contributed by atoms with Crippen molar-refractivity contribution in [2.24, 2.45) is 5.73 Å². The summed E-state index contributed by atoms with van der Waals surface area (Å²) >= 11 is 0. The van der Waals surface area contributed by atoms with Gasteiger partial charge in [-0.1, -0.05) is 36.4 Å². The Kier molecular flexibility index (Phi) is 4.69. The summed E-state index contributed by atoms with van der Waals surface area (Å²) in [5, 5.41) is 3.73. The highest BCUT2D eigenvalue weighted by molar-refractivity contribution is 5.38. The number of rotatable bonds is 5. The zero-order valence-corrected chi connectivity index (χ0v) is 14.1. The van der Waals surface area contributed by atoms with Crippen molar-refractivity contribution >= 4 is 0 Å². The van der Waals surface area contributed by atoms with Gasteiger partial charge in [-0.25, -0.2) is 0 Å². The molecule has 3 heteroatoms. The van der Waals surface area contributed by atoms with Gasteiger partial charge in [-0.2, -0.15) is 0 Å². The van der Waals surface area contributed by atoms with Gasteiger partial charge < -0.3 is 15.8 Å². The minimum Gasteiger partial charge on any atom is -0.491 e. The lowest BCUT2D eigenvalue weighted by molar-refractivity contribution is 0.242. The van der Waals surface area contributed by atoms with E-state index in [-0.39, 0.29) is 18.2 Å². The van der Waals surface area contributed by atoms with Gasteiger partial charge in [-0.3, -0.25) is 0 Å². The lowest BCUT2D eigenvalue weighted by Crippen LogP contribution is -2.23. The van der Waals surface area contributed by atoms with Gasteiger partial charge in [0.25, 0.3) is 0 Å². The number of ether oxygens (including phenoxy) is 1. The number of hydrogen-bond donors (Lipinski definition) is 2. The molecule has 0 saturated heterocycles. The van der Waals surface area contributed by atoms with E-state index in [0.29, 0.717) is 6.04 Å². The van der Waals surface area contributed by atoms with Gasteiger partial charge in [0.15, 0.2) is 0 Å². The fourth-order valence-electron chi connectivity index (χ4n) is 3.36. The van der Waals surface area contributed by atoms with Crippen LogP contribution < -0.4 is 15.8 Å². The Morgan fingerprint density at radius 1 is 1.04 bits per heavy atom. The first kappa shape index (κ1) is 16.0. The molecule has 2 aromatic rings. The second-order valence-electron chi connectivity index (χ2n) is 6.65. The molecule has 2 aromatic carbocycles.